The molecule has 0 atom stereocenters. The molecule has 110 valence electrons. The summed E-state index contributed by atoms with van der Waals surface area (Å²) in [7, 11) is 0. The topological polar surface area (TPSA) is 80.0 Å². The van der Waals surface area contributed by atoms with E-state index in [-0.39, 0.29) is 5.91 Å². The summed E-state index contributed by atoms with van der Waals surface area (Å²) in [5, 5.41) is 7.05. The SMILES string of the molecule is CC(=O)Nc1ccc(Nc2ccnc3ccc(N)cc23)cc1. The summed E-state index contributed by atoms with van der Waals surface area (Å²) >= 11 is 0. The van der Waals surface area contributed by atoms with E-state index in [0.29, 0.717) is 5.69 Å². The number of anilines is 4. The van der Waals surface area contributed by atoms with E-state index >= 15 is 0 Å². The van der Waals surface area contributed by atoms with Gasteiger partial charge in [0, 0.05) is 41.3 Å². The highest BCUT2D eigenvalue weighted by atomic mass is 16.1. The van der Waals surface area contributed by atoms with E-state index in [1.165, 1.54) is 6.92 Å². The van der Waals surface area contributed by atoms with Crippen molar-refractivity contribution in [2.75, 3.05) is 16.4 Å². The second-order valence-corrected chi connectivity index (χ2v) is 5.02. The molecule has 1 amide bonds. The molecule has 4 N–H and O–H groups in total. The molecule has 0 fully saturated rings. The Hall–Kier alpha value is -3.08. The van der Waals surface area contributed by atoms with Gasteiger partial charge < -0.3 is 16.4 Å². The van der Waals surface area contributed by atoms with Crippen LogP contribution in [0.25, 0.3) is 10.9 Å². The normalized spacial score (nSPS) is 10.4. The van der Waals surface area contributed by atoms with Gasteiger partial charge in [-0.3, -0.25) is 9.78 Å². The van der Waals surface area contributed by atoms with Crippen LogP contribution >= 0.6 is 0 Å². The zero-order valence-electron chi connectivity index (χ0n) is 12.1. The predicted octanol–water partition coefficient (Wildman–Crippen LogP) is 3.52. The van der Waals surface area contributed by atoms with Crippen molar-refractivity contribution in [1.82, 2.24) is 4.98 Å². The van der Waals surface area contributed by atoms with Gasteiger partial charge in [0.25, 0.3) is 0 Å². The lowest BCUT2D eigenvalue weighted by Gasteiger charge is -2.11. The fourth-order valence-corrected chi connectivity index (χ4v) is 2.27. The fraction of sp³-hybridized carbons (Fsp3) is 0.0588. The number of nitrogens with one attached hydrogen (secondary N) is 2. The van der Waals surface area contributed by atoms with E-state index in [1.807, 2.05) is 48.5 Å². The van der Waals surface area contributed by atoms with Crippen LogP contribution in [0.5, 0.6) is 0 Å². The van der Waals surface area contributed by atoms with E-state index in [1.54, 1.807) is 6.20 Å². The molecule has 0 bridgehead atoms. The highest BCUT2D eigenvalue weighted by molar-refractivity contribution is 5.95. The molecule has 0 aliphatic heterocycles. The Balaban J connectivity index is 1.89. The molecule has 0 radical (unpaired) electrons. The van der Waals surface area contributed by atoms with Crippen molar-refractivity contribution in [1.29, 1.82) is 0 Å². The number of hydrogen-bond donors (Lipinski definition) is 3. The molecule has 5 heteroatoms. The minimum absolute atomic E-state index is 0.0867. The second kappa shape index (κ2) is 5.73. The summed E-state index contributed by atoms with van der Waals surface area (Å²) in [6.45, 7) is 1.49. The van der Waals surface area contributed by atoms with Crippen molar-refractivity contribution < 1.29 is 4.79 Å². The molecule has 0 saturated carbocycles. The van der Waals surface area contributed by atoms with Gasteiger partial charge in [-0.15, -0.1) is 0 Å². The average molecular weight is 292 g/mol. The first-order valence-electron chi connectivity index (χ1n) is 6.91. The Kier molecular flexibility index (Phi) is 3.62. The van der Waals surface area contributed by atoms with Gasteiger partial charge in [-0.25, -0.2) is 0 Å². The molecule has 5 nitrogen and oxygen atoms in total. The van der Waals surface area contributed by atoms with E-state index in [9.17, 15) is 4.79 Å². The summed E-state index contributed by atoms with van der Waals surface area (Å²) in [5.74, 6) is -0.0867. The quantitative estimate of drug-likeness (QED) is 0.645. The van der Waals surface area contributed by atoms with Crippen molar-refractivity contribution in [3.63, 3.8) is 0 Å². The standard InChI is InChI=1S/C17H16N4O/c1-11(22)20-13-3-5-14(6-4-13)21-17-8-9-19-16-7-2-12(18)10-15(16)17/h2-10H,18H2,1H3,(H,19,21)(H,20,22). The minimum atomic E-state index is -0.0867. The van der Waals surface area contributed by atoms with Gasteiger partial charge in [0.05, 0.1) is 5.52 Å². The Bertz CT molecular complexity index is 828. The zero-order chi connectivity index (χ0) is 15.5. The van der Waals surface area contributed by atoms with Crippen LogP contribution < -0.4 is 16.4 Å². The predicted molar refractivity (Wildman–Crippen MR) is 90.2 cm³/mol. The van der Waals surface area contributed by atoms with Crippen molar-refractivity contribution >= 4 is 39.6 Å². The number of pyridine rings is 1. The molecular formula is C17H16N4O. The number of carbonyl (C=O) groups excluding carboxylic acids is 1. The number of hydrogen-bond acceptors (Lipinski definition) is 4. The van der Waals surface area contributed by atoms with Crippen LogP contribution in [0.1, 0.15) is 6.92 Å². The number of nitrogens with two attached hydrogens (primary N) is 1. The van der Waals surface area contributed by atoms with Crippen molar-refractivity contribution in [3.8, 4) is 0 Å². The third-order valence-corrected chi connectivity index (χ3v) is 3.25. The van der Waals surface area contributed by atoms with Gasteiger partial charge >= 0.3 is 0 Å². The zero-order valence-corrected chi connectivity index (χ0v) is 12.1. The Morgan fingerprint density at radius 3 is 2.50 bits per heavy atom. The highest BCUT2D eigenvalue weighted by Gasteiger charge is 2.03. The molecule has 3 rings (SSSR count). The summed E-state index contributed by atoms with van der Waals surface area (Å²) in [5.41, 5.74) is 10.1. The van der Waals surface area contributed by atoms with Crippen LogP contribution in [0.2, 0.25) is 0 Å². The minimum Gasteiger partial charge on any atom is -0.399 e. The van der Waals surface area contributed by atoms with Gasteiger partial charge in [-0.1, -0.05) is 0 Å². The molecule has 3 aromatic rings. The maximum absolute atomic E-state index is 11.0. The number of rotatable bonds is 3. The van der Waals surface area contributed by atoms with Gasteiger partial charge in [0.15, 0.2) is 0 Å². The lowest BCUT2D eigenvalue weighted by molar-refractivity contribution is -0.114. The van der Waals surface area contributed by atoms with E-state index in [4.69, 9.17) is 5.73 Å². The number of fused-ring (bicyclic) bond motifs is 1. The molecule has 0 spiro atoms. The molecule has 1 heterocycles. The van der Waals surface area contributed by atoms with Crippen molar-refractivity contribution in [2.24, 2.45) is 0 Å². The summed E-state index contributed by atoms with van der Waals surface area (Å²) in [6, 6.07) is 15.0. The smallest absolute Gasteiger partial charge is 0.221 e. The van der Waals surface area contributed by atoms with Crippen LogP contribution in [-0.4, -0.2) is 10.9 Å². The van der Waals surface area contributed by atoms with Gasteiger partial charge in [0.2, 0.25) is 5.91 Å². The first-order chi connectivity index (χ1) is 10.6. The van der Waals surface area contributed by atoms with E-state index < -0.39 is 0 Å². The maximum Gasteiger partial charge on any atom is 0.221 e. The van der Waals surface area contributed by atoms with Crippen molar-refractivity contribution in [2.45, 2.75) is 6.92 Å². The molecule has 0 unspecified atom stereocenters. The van der Waals surface area contributed by atoms with E-state index in [2.05, 4.69) is 15.6 Å². The number of benzene rings is 2. The monoisotopic (exact) mass is 292 g/mol. The summed E-state index contributed by atoms with van der Waals surface area (Å²) in [4.78, 5) is 15.4. The number of carbonyl (C=O) groups is 1. The Morgan fingerprint density at radius 1 is 1.05 bits per heavy atom. The molecule has 0 saturated heterocycles. The third-order valence-electron chi connectivity index (χ3n) is 3.25. The second-order valence-electron chi connectivity index (χ2n) is 5.02. The summed E-state index contributed by atoms with van der Waals surface area (Å²) < 4.78 is 0. The summed E-state index contributed by atoms with van der Waals surface area (Å²) in [6.07, 6.45) is 1.76. The van der Waals surface area contributed by atoms with Crippen LogP contribution in [0.3, 0.4) is 0 Å². The first kappa shape index (κ1) is 13.9. The Labute approximate surface area is 128 Å². The van der Waals surface area contributed by atoms with E-state index in [0.717, 1.165) is 28.0 Å². The highest BCUT2D eigenvalue weighted by Crippen LogP contribution is 2.27. The lowest BCUT2D eigenvalue weighted by atomic mass is 10.1. The molecular weight excluding hydrogens is 276 g/mol. The number of nitrogens with zero attached hydrogens (tertiary/aromatic N) is 1. The van der Waals surface area contributed by atoms with Crippen LogP contribution in [0, 0.1) is 0 Å². The maximum atomic E-state index is 11.0. The van der Waals surface area contributed by atoms with Crippen LogP contribution in [0.4, 0.5) is 22.7 Å². The van der Waals surface area contributed by atoms with Crippen LogP contribution in [0.15, 0.2) is 54.7 Å². The molecule has 0 aliphatic carbocycles. The van der Waals surface area contributed by atoms with Gasteiger partial charge in [-0.05, 0) is 48.5 Å². The van der Waals surface area contributed by atoms with Gasteiger partial charge in [-0.2, -0.15) is 0 Å². The molecule has 22 heavy (non-hydrogen) atoms. The molecule has 1 aromatic heterocycles. The molecule has 0 aliphatic rings. The first-order valence-corrected chi connectivity index (χ1v) is 6.91. The average Bonchev–Trinajstić information content (AvgIpc) is 2.49. The number of aromatic nitrogens is 1. The van der Waals surface area contributed by atoms with Crippen LogP contribution in [-0.2, 0) is 4.79 Å². The lowest BCUT2D eigenvalue weighted by Crippen LogP contribution is -2.05. The third kappa shape index (κ3) is 2.98. The fourth-order valence-electron chi connectivity index (χ4n) is 2.27. The molecule has 2 aromatic carbocycles. The number of nitrogen functional groups attached to an aromatic ring is 1. The largest absolute Gasteiger partial charge is 0.399 e. The van der Waals surface area contributed by atoms with Gasteiger partial charge in [0.1, 0.15) is 0 Å². The van der Waals surface area contributed by atoms with Crippen molar-refractivity contribution in [3.05, 3.63) is 54.7 Å². The number of amides is 1. The Morgan fingerprint density at radius 2 is 1.77 bits per heavy atom.